The van der Waals surface area contributed by atoms with Gasteiger partial charge in [0, 0.05) is 24.2 Å². The molecular weight excluding hydrogens is 366 g/mol. The number of fused-ring (bicyclic) bond motifs is 1. The van der Waals surface area contributed by atoms with E-state index < -0.39 is 0 Å². The fourth-order valence-electron chi connectivity index (χ4n) is 3.14. The molecule has 0 aliphatic heterocycles. The van der Waals surface area contributed by atoms with Crippen molar-refractivity contribution in [1.82, 2.24) is 15.5 Å². The number of carbonyl (C=O) groups is 1. The van der Waals surface area contributed by atoms with Crippen LogP contribution in [0.15, 0.2) is 65.3 Å². The predicted octanol–water partition coefficient (Wildman–Crippen LogP) is 4.35. The predicted molar refractivity (Wildman–Crippen MR) is 110 cm³/mol. The smallest absolute Gasteiger partial charge is 0.273 e. The van der Waals surface area contributed by atoms with Crippen LogP contribution in [0.25, 0.3) is 10.9 Å². The summed E-state index contributed by atoms with van der Waals surface area (Å²) in [5, 5.41) is 7.73. The van der Waals surface area contributed by atoms with Gasteiger partial charge < -0.3 is 14.6 Å². The SMILES string of the molecule is Cc1cccc(C)c1OCc1cc(C(=O)NCc2cnc3ccccc3c2)no1. The molecule has 4 aromatic rings. The molecule has 1 amide bonds. The Hall–Kier alpha value is -3.67. The molecule has 0 saturated carbocycles. The third kappa shape index (κ3) is 4.27. The number of benzene rings is 2. The van der Waals surface area contributed by atoms with E-state index in [1.54, 1.807) is 12.3 Å². The maximum atomic E-state index is 12.4. The summed E-state index contributed by atoms with van der Waals surface area (Å²) in [7, 11) is 0. The van der Waals surface area contributed by atoms with Crippen molar-refractivity contribution in [3.8, 4) is 5.75 Å². The van der Waals surface area contributed by atoms with Crippen LogP contribution >= 0.6 is 0 Å². The van der Waals surface area contributed by atoms with Crippen LogP contribution in [-0.2, 0) is 13.2 Å². The summed E-state index contributed by atoms with van der Waals surface area (Å²) in [4.78, 5) is 16.8. The van der Waals surface area contributed by atoms with Gasteiger partial charge in [0.1, 0.15) is 12.4 Å². The van der Waals surface area contributed by atoms with Crippen molar-refractivity contribution in [2.45, 2.75) is 27.0 Å². The molecule has 6 nitrogen and oxygen atoms in total. The summed E-state index contributed by atoms with van der Waals surface area (Å²) < 4.78 is 11.1. The van der Waals surface area contributed by atoms with E-state index in [9.17, 15) is 4.79 Å². The van der Waals surface area contributed by atoms with Crippen LogP contribution in [0, 0.1) is 13.8 Å². The van der Waals surface area contributed by atoms with Gasteiger partial charge in [-0.25, -0.2) is 0 Å². The molecule has 2 aromatic heterocycles. The number of pyridine rings is 1. The average molecular weight is 387 g/mol. The molecule has 0 radical (unpaired) electrons. The van der Waals surface area contributed by atoms with Gasteiger partial charge in [-0.3, -0.25) is 9.78 Å². The molecule has 1 N–H and O–H groups in total. The van der Waals surface area contributed by atoms with Crippen molar-refractivity contribution in [1.29, 1.82) is 0 Å². The van der Waals surface area contributed by atoms with Crippen molar-refractivity contribution in [2.24, 2.45) is 0 Å². The van der Waals surface area contributed by atoms with E-state index in [1.165, 1.54) is 0 Å². The molecule has 0 atom stereocenters. The van der Waals surface area contributed by atoms with Crippen LogP contribution in [0.2, 0.25) is 0 Å². The lowest BCUT2D eigenvalue weighted by molar-refractivity contribution is 0.0941. The number of amides is 1. The van der Waals surface area contributed by atoms with E-state index in [4.69, 9.17) is 9.26 Å². The molecule has 2 aromatic carbocycles. The van der Waals surface area contributed by atoms with E-state index in [0.717, 1.165) is 33.3 Å². The molecule has 0 fully saturated rings. The second-order valence-electron chi connectivity index (χ2n) is 6.91. The molecule has 6 heteroatoms. The number of nitrogens with zero attached hydrogens (tertiary/aromatic N) is 2. The Labute approximate surface area is 168 Å². The minimum Gasteiger partial charge on any atom is -0.485 e. The highest BCUT2D eigenvalue weighted by atomic mass is 16.5. The van der Waals surface area contributed by atoms with Crippen molar-refractivity contribution in [2.75, 3.05) is 0 Å². The van der Waals surface area contributed by atoms with Crippen LogP contribution in [0.5, 0.6) is 5.75 Å². The zero-order chi connectivity index (χ0) is 20.2. The fourth-order valence-corrected chi connectivity index (χ4v) is 3.14. The maximum Gasteiger partial charge on any atom is 0.273 e. The Morgan fingerprint density at radius 1 is 1.07 bits per heavy atom. The number of carbonyl (C=O) groups excluding carboxylic acids is 1. The van der Waals surface area contributed by atoms with Gasteiger partial charge in [-0.2, -0.15) is 0 Å². The van der Waals surface area contributed by atoms with E-state index in [0.29, 0.717) is 12.3 Å². The Kier molecular flexibility index (Phi) is 5.24. The first-order valence-electron chi connectivity index (χ1n) is 9.36. The van der Waals surface area contributed by atoms with Crippen LogP contribution in [-0.4, -0.2) is 16.0 Å². The summed E-state index contributed by atoms with van der Waals surface area (Å²) in [6, 6.07) is 17.4. The highest BCUT2D eigenvalue weighted by molar-refractivity contribution is 5.92. The first kappa shape index (κ1) is 18.7. The zero-order valence-corrected chi connectivity index (χ0v) is 16.3. The minimum atomic E-state index is -0.305. The van der Waals surface area contributed by atoms with Gasteiger partial charge >= 0.3 is 0 Å². The lowest BCUT2D eigenvalue weighted by Gasteiger charge is -2.09. The number of aromatic nitrogens is 2. The summed E-state index contributed by atoms with van der Waals surface area (Å²) in [6.07, 6.45) is 1.76. The van der Waals surface area contributed by atoms with Crippen LogP contribution < -0.4 is 10.1 Å². The van der Waals surface area contributed by atoms with Gasteiger partial charge in [-0.15, -0.1) is 0 Å². The van der Waals surface area contributed by atoms with Crippen LogP contribution in [0.4, 0.5) is 0 Å². The Balaban J connectivity index is 1.36. The fraction of sp³-hybridized carbons (Fsp3) is 0.174. The second-order valence-corrected chi connectivity index (χ2v) is 6.91. The monoisotopic (exact) mass is 387 g/mol. The third-order valence-electron chi connectivity index (χ3n) is 4.66. The third-order valence-corrected chi connectivity index (χ3v) is 4.66. The summed E-state index contributed by atoms with van der Waals surface area (Å²) >= 11 is 0. The first-order chi connectivity index (χ1) is 14.1. The van der Waals surface area contributed by atoms with Gasteiger partial charge in [0.05, 0.1) is 5.52 Å². The van der Waals surface area contributed by atoms with Gasteiger partial charge in [0.25, 0.3) is 5.91 Å². The van der Waals surface area contributed by atoms with E-state index >= 15 is 0 Å². The lowest BCUT2D eigenvalue weighted by atomic mass is 10.1. The number of hydrogen-bond donors (Lipinski definition) is 1. The van der Waals surface area contributed by atoms with E-state index in [1.807, 2.05) is 62.4 Å². The van der Waals surface area contributed by atoms with Gasteiger partial charge in [-0.1, -0.05) is 41.6 Å². The lowest BCUT2D eigenvalue weighted by Crippen LogP contribution is -2.23. The summed E-state index contributed by atoms with van der Waals surface area (Å²) in [6.45, 7) is 4.55. The van der Waals surface area contributed by atoms with Crippen molar-refractivity contribution in [3.63, 3.8) is 0 Å². The van der Waals surface area contributed by atoms with Crippen molar-refractivity contribution < 1.29 is 14.1 Å². The topological polar surface area (TPSA) is 77.2 Å². The molecule has 4 rings (SSSR count). The Morgan fingerprint density at radius 3 is 2.69 bits per heavy atom. The number of aryl methyl sites for hydroxylation is 2. The molecule has 0 spiro atoms. The van der Waals surface area contributed by atoms with Crippen LogP contribution in [0.3, 0.4) is 0 Å². The number of nitrogens with one attached hydrogen (secondary N) is 1. The largest absolute Gasteiger partial charge is 0.485 e. The van der Waals surface area contributed by atoms with Crippen molar-refractivity contribution in [3.05, 3.63) is 88.9 Å². The molecule has 146 valence electrons. The highest BCUT2D eigenvalue weighted by Gasteiger charge is 2.14. The standard InChI is InChI=1S/C23H21N3O3/c1-15-6-5-7-16(2)22(15)28-14-19-11-21(26-29-19)23(27)25-13-17-10-18-8-3-4-9-20(18)24-12-17/h3-12H,13-14H2,1-2H3,(H,25,27). The minimum absolute atomic E-state index is 0.209. The molecule has 29 heavy (non-hydrogen) atoms. The molecule has 0 aliphatic carbocycles. The molecule has 0 saturated heterocycles. The quantitative estimate of drug-likeness (QED) is 0.532. The van der Waals surface area contributed by atoms with E-state index in [2.05, 4.69) is 15.5 Å². The number of para-hydroxylation sites is 2. The Bertz CT molecular complexity index is 1150. The van der Waals surface area contributed by atoms with Gasteiger partial charge in [0.2, 0.25) is 0 Å². The molecule has 0 unspecified atom stereocenters. The molecule has 0 aliphatic rings. The summed E-state index contributed by atoms with van der Waals surface area (Å²) in [5.74, 6) is 1.00. The molecular formula is C23H21N3O3. The zero-order valence-electron chi connectivity index (χ0n) is 16.3. The van der Waals surface area contributed by atoms with Gasteiger partial charge in [-0.05, 0) is 42.7 Å². The second kappa shape index (κ2) is 8.14. The summed E-state index contributed by atoms with van der Waals surface area (Å²) in [5.41, 5.74) is 4.16. The number of ether oxygens (including phenoxy) is 1. The number of rotatable bonds is 6. The van der Waals surface area contributed by atoms with Crippen LogP contribution in [0.1, 0.15) is 32.9 Å². The normalized spacial score (nSPS) is 10.8. The first-order valence-corrected chi connectivity index (χ1v) is 9.36. The average Bonchev–Trinajstić information content (AvgIpc) is 3.20. The van der Waals surface area contributed by atoms with Crippen molar-refractivity contribution >= 4 is 16.8 Å². The highest BCUT2D eigenvalue weighted by Crippen LogP contribution is 2.23. The molecule has 0 bridgehead atoms. The van der Waals surface area contributed by atoms with E-state index in [-0.39, 0.29) is 18.2 Å². The van der Waals surface area contributed by atoms with Gasteiger partial charge in [0.15, 0.2) is 11.5 Å². The maximum absolute atomic E-state index is 12.4. The Morgan fingerprint density at radius 2 is 1.86 bits per heavy atom. The molecule has 2 heterocycles. The number of hydrogen-bond acceptors (Lipinski definition) is 5.